The van der Waals surface area contributed by atoms with Crippen molar-refractivity contribution in [3.05, 3.63) is 35.3 Å². The number of nitrogens with two attached hydrogens (primary N) is 1. The second-order valence-electron chi connectivity index (χ2n) is 5.30. The van der Waals surface area contributed by atoms with E-state index in [1.165, 1.54) is 11.3 Å². The molecule has 0 saturated heterocycles. The number of carbonyl (C=O) groups excluding carboxylic acids is 1. The van der Waals surface area contributed by atoms with E-state index in [9.17, 15) is 4.79 Å². The molecule has 1 aromatic heterocycles. The quantitative estimate of drug-likeness (QED) is 0.876. The first-order valence-electron chi connectivity index (χ1n) is 6.58. The SMILES string of the molecule is COc1ccc(-c2ncc(C(=O)NC(C)(C)CN)s2)cc1.Cl. The standard InChI is InChI=1S/C15H19N3O2S.ClH/c1-15(2,9-16)18-13(19)12-8-17-14(21-12)10-4-6-11(20-3)7-5-10;/h4-8H,9,16H2,1-3H3,(H,18,19);1H. The Bertz CT molecular complexity index is 626. The van der Waals surface area contributed by atoms with E-state index >= 15 is 0 Å². The summed E-state index contributed by atoms with van der Waals surface area (Å²) in [7, 11) is 1.63. The fourth-order valence-electron chi connectivity index (χ4n) is 1.67. The summed E-state index contributed by atoms with van der Waals surface area (Å²) in [5.41, 5.74) is 6.14. The van der Waals surface area contributed by atoms with Gasteiger partial charge in [0, 0.05) is 17.6 Å². The van der Waals surface area contributed by atoms with Gasteiger partial charge in [0.2, 0.25) is 0 Å². The molecular weight excluding hydrogens is 322 g/mol. The third kappa shape index (κ3) is 4.43. The van der Waals surface area contributed by atoms with Gasteiger partial charge in [-0.05, 0) is 38.1 Å². The lowest BCUT2D eigenvalue weighted by Gasteiger charge is -2.23. The van der Waals surface area contributed by atoms with Gasteiger partial charge in [0.15, 0.2) is 0 Å². The Kier molecular flexibility index (Phi) is 6.34. The maximum absolute atomic E-state index is 12.1. The molecule has 2 rings (SSSR count). The number of aromatic nitrogens is 1. The number of thiazole rings is 1. The van der Waals surface area contributed by atoms with Crippen LogP contribution >= 0.6 is 23.7 Å². The van der Waals surface area contributed by atoms with E-state index in [0.29, 0.717) is 11.4 Å². The maximum Gasteiger partial charge on any atom is 0.263 e. The van der Waals surface area contributed by atoms with Gasteiger partial charge in [0.25, 0.3) is 5.91 Å². The molecule has 0 aliphatic carbocycles. The molecule has 0 fully saturated rings. The first kappa shape index (κ1) is 18.4. The van der Waals surface area contributed by atoms with Gasteiger partial charge >= 0.3 is 0 Å². The second-order valence-corrected chi connectivity index (χ2v) is 6.33. The van der Waals surface area contributed by atoms with Crippen LogP contribution in [0.1, 0.15) is 23.5 Å². The van der Waals surface area contributed by atoms with E-state index < -0.39 is 5.54 Å². The van der Waals surface area contributed by atoms with Crippen molar-refractivity contribution in [2.24, 2.45) is 5.73 Å². The van der Waals surface area contributed by atoms with Crippen LogP contribution in [0.5, 0.6) is 5.75 Å². The molecule has 0 spiro atoms. The second kappa shape index (κ2) is 7.58. The predicted octanol–water partition coefficient (Wildman–Crippen LogP) is 2.71. The number of hydrogen-bond acceptors (Lipinski definition) is 5. The molecule has 2 aromatic rings. The molecule has 0 aliphatic rings. The van der Waals surface area contributed by atoms with Gasteiger partial charge in [0.05, 0.1) is 13.3 Å². The summed E-state index contributed by atoms with van der Waals surface area (Å²) in [5, 5.41) is 3.69. The number of carbonyl (C=O) groups is 1. The summed E-state index contributed by atoms with van der Waals surface area (Å²) in [5.74, 6) is 0.640. The third-order valence-electron chi connectivity index (χ3n) is 3.03. The van der Waals surface area contributed by atoms with Crippen LogP contribution in [0.4, 0.5) is 0 Å². The van der Waals surface area contributed by atoms with Crippen molar-refractivity contribution < 1.29 is 9.53 Å². The number of hydrogen-bond donors (Lipinski definition) is 2. The molecule has 7 heteroatoms. The smallest absolute Gasteiger partial charge is 0.263 e. The molecule has 0 radical (unpaired) electrons. The zero-order valence-electron chi connectivity index (χ0n) is 12.8. The summed E-state index contributed by atoms with van der Waals surface area (Å²) in [4.78, 5) is 17.0. The molecule has 0 atom stereocenters. The van der Waals surface area contributed by atoms with E-state index in [0.717, 1.165) is 16.3 Å². The van der Waals surface area contributed by atoms with Crippen molar-refractivity contribution in [2.75, 3.05) is 13.7 Å². The summed E-state index contributed by atoms with van der Waals surface area (Å²) in [6, 6.07) is 7.58. The average molecular weight is 342 g/mol. The number of nitrogens with one attached hydrogen (secondary N) is 1. The largest absolute Gasteiger partial charge is 0.497 e. The van der Waals surface area contributed by atoms with Crippen molar-refractivity contribution in [3.63, 3.8) is 0 Å². The Labute approximate surface area is 140 Å². The van der Waals surface area contributed by atoms with Crippen molar-refractivity contribution in [1.82, 2.24) is 10.3 Å². The fraction of sp³-hybridized carbons (Fsp3) is 0.333. The van der Waals surface area contributed by atoms with E-state index in [1.54, 1.807) is 13.3 Å². The molecule has 0 aliphatic heterocycles. The number of halogens is 1. The summed E-state index contributed by atoms with van der Waals surface area (Å²) >= 11 is 1.35. The highest BCUT2D eigenvalue weighted by atomic mass is 35.5. The Balaban J connectivity index is 0.00000242. The molecule has 22 heavy (non-hydrogen) atoms. The van der Waals surface area contributed by atoms with Gasteiger partial charge in [-0.2, -0.15) is 0 Å². The Morgan fingerprint density at radius 1 is 1.36 bits per heavy atom. The van der Waals surface area contributed by atoms with Crippen molar-refractivity contribution in [2.45, 2.75) is 19.4 Å². The van der Waals surface area contributed by atoms with Crippen molar-refractivity contribution in [1.29, 1.82) is 0 Å². The van der Waals surface area contributed by atoms with Crippen molar-refractivity contribution in [3.8, 4) is 16.3 Å². The number of benzene rings is 1. The molecule has 1 heterocycles. The molecule has 1 aromatic carbocycles. The number of ether oxygens (including phenoxy) is 1. The first-order valence-corrected chi connectivity index (χ1v) is 7.39. The van der Waals surface area contributed by atoms with Crippen LogP contribution in [-0.4, -0.2) is 30.1 Å². The Morgan fingerprint density at radius 3 is 2.55 bits per heavy atom. The van der Waals surface area contributed by atoms with Gasteiger partial charge in [-0.1, -0.05) is 0 Å². The highest BCUT2D eigenvalue weighted by molar-refractivity contribution is 7.16. The number of rotatable bonds is 5. The van der Waals surface area contributed by atoms with Crippen LogP contribution < -0.4 is 15.8 Å². The average Bonchev–Trinajstić information content (AvgIpc) is 2.97. The van der Waals surface area contributed by atoms with E-state index in [1.807, 2.05) is 38.1 Å². The van der Waals surface area contributed by atoms with Gasteiger partial charge < -0.3 is 15.8 Å². The van der Waals surface area contributed by atoms with E-state index in [-0.39, 0.29) is 18.3 Å². The van der Waals surface area contributed by atoms with Crippen LogP contribution in [0.3, 0.4) is 0 Å². The van der Waals surface area contributed by atoms with Crippen LogP contribution in [0.15, 0.2) is 30.5 Å². The molecule has 0 unspecified atom stereocenters. The normalized spacial score (nSPS) is 10.7. The van der Waals surface area contributed by atoms with E-state index in [2.05, 4.69) is 10.3 Å². The van der Waals surface area contributed by atoms with E-state index in [4.69, 9.17) is 10.5 Å². The van der Waals surface area contributed by atoms with Gasteiger partial charge in [-0.25, -0.2) is 4.98 Å². The lowest BCUT2D eigenvalue weighted by Crippen LogP contribution is -2.48. The Morgan fingerprint density at radius 2 is 2.00 bits per heavy atom. The number of nitrogens with zero attached hydrogens (tertiary/aromatic N) is 1. The molecule has 3 N–H and O–H groups in total. The molecule has 1 amide bonds. The molecule has 0 saturated carbocycles. The lowest BCUT2D eigenvalue weighted by atomic mass is 10.1. The minimum Gasteiger partial charge on any atom is -0.497 e. The lowest BCUT2D eigenvalue weighted by molar-refractivity contribution is 0.0919. The minimum absolute atomic E-state index is 0. The zero-order chi connectivity index (χ0) is 15.5. The maximum atomic E-state index is 12.1. The van der Waals surface area contributed by atoms with Crippen LogP contribution in [0, 0.1) is 0 Å². The van der Waals surface area contributed by atoms with Gasteiger partial charge in [-0.15, -0.1) is 23.7 Å². The third-order valence-corrected chi connectivity index (χ3v) is 4.07. The van der Waals surface area contributed by atoms with Crippen LogP contribution in [0.2, 0.25) is 0 Å². The summed E-state index contributed by atoms with van der Waals surface area (Å²) in [6.45, 7) is 4.15. The molecule has 120 valence electrons. The molecular formula is C15H20ClN3O2S. The Hall–Kier alpha value is -1.63. The first-order chi connectivity index (χ1) is 9.95. The van der Waals surface area contributed by atoms with Crippen molar-refractivity contribution >= 4 is 29.7 Å². The highest BCUT2D eigenvalue weighted by Crippen LogP contribution is 2.27. The summed E-state index contributed by atoms with van der Waals surface area (Å²) in [6.07, 6.45) is 1.59. The highest BCUT2D eigenvalue weighted by Gasteiger charge is 2.21. The predicted molar refractivity (Wildman–Crippen MR) is 91.9 cm³/mol. The topological polar surface area (TPSA) is 77.2 Å². The fourth-order valence-corrected chi connectivity index (χ4v) is 2.48. The monoisotopic (exact) mass is 341 g/mol. The summed E-state index contributed by atoms with van der Waals surface area (Å²) < 4.78 is 5.12. The number of amides is 1. The zero-order valence-corrected chi connectivity index (χ0v) is 14.4. The minimum atomic E-state index is -0.429. The molecule has 0 bridgehead atoms. The van der Waals surface area contributed by atoms with Gasteiger partial charge in [0.1, 0.15) is 15.6 Å². The molecule has 5 nitrogen and oxygen atoms in total. The van der Waals surface area contributed by atoms with Gasteiger partial charge in [-0.3, -0.25) is 4.79 Å². The number of methoxy groups -OCH3 is 1. The van der Waals surface area contributed by atoms with Crippen LogP contribution in [-0.2, 0) is 0 Å². The van der Waals surface area contributed by atoms with Crippen LogP contribution in [0.25, 0.3) is 10.6 Å².